The van der Waals surface area contributed by atoms with Crippen molar-refractivity contribution in [2.45, 2.75) is 25.9 Å². The fourth-order valence-electron chi connectivity index (χ4n) is 4.60. The standard InChI is InChI=1S/C26H30N4O4/c1-16-22(13-27-29-16)17-4-6-23(25(12-17)34-21-8-9-30(2)14-21)28-26(31)19-10-18-11-20(32-3)5-7-24(18)33-15-19/h4-7,11-13,19,21H,8-10,14-15H2,1-3H3,(H,27,29)(H,28,31)/t19-,21+/m0/s1. The Morgan fingerprint density at radius 3 is 2.88 bits per heavy atom. The van der Waals surface area contributed by atoms with Crippen molar-refractivity contribution < 1.29 is 19.0 Å². The van der Waals surface area contributed by atoms with Gasteiger partial charge in [0.2, 0.25) is 5.91 Å². The van der Waals surface area contributed by atoms with E-state index in [1.54, 1.807) is 13.3 Å². The lowest BCUT2D eigenvalue weighted by Crippen LogP contribution is -2.33. The highest BCUT2D eigenvalue weighted by Crippen LogP contribution is 2.35. The van der Waals surface area contributed by atoms with Gasteiger partial charge in [-0.1, -0.05) is 6.07 Å². The van der Waals surface area contributed by atoms with Crippen LogP contribution >= 0.6 is 0 Å². The first-order chi connectivity index (χ1) is 16.5. The Kier molecular flexibility index (Phi) is 6.15. The second-order valence-corrected chi connectivity index (χ2v) is 9.09. The van der Waals surface area contributed by atoms with E-state index in [0.29, 0.717) is 24.5 Å². The van der Waals surface area contributed by atoms with Gasteiger partial charge in [0.15, 0.2) is 0 Å². The molecule has 0 spiro atoms. The monoisotopic (exact) mass is 462 g/mol. The number of aromatic nitrogens is 2. The van der Waals surface area contributed by atoms with Crippen molar-refractivity contribution in [1.82, 2.24) is 15.1 Å². The number of likely N-dealkylation sites (N-methyl/N-ethyl adjacent to an activating group) is 1. The molecule has 2 aliphatic rings. The molecular weight excluding hydrogens is 432 g/mol. The van der Waals surface area contributed by atoms with E-state index in [2.05, 4.69) is 27.5 Å². The summed E-state index contributed by atoms with van der Waals surface area (Å²) in [6.45, 7) is 4.17. The lowest BCUT2D eigenvalue weighted by molar-refractivity contribution is -0.121. The van der Waals surface area contributed by atoms with Gasteiger partial charge in [-0.15, -0.1) is 0 Å². The summed E-state index contributed by atoms with van der Waals surface area (Å²) in [6, 6.07) is 11.6. The number of nitrogens with zero attached hydrogens (tertiary/aromatic N) is 2. The van der Waals surface area contributed by atoms with Gasteiger partial charge in [-0.3, -0.25) is 9.89 Å². The van der Waals surface area contributed by atoms with Gasteiger partial charge in [0, 0.05) is 24.3 Å². The summed E-state index contributed by atoms with van der Waals surface area (Å²) in [5.74, 6) is 1.84. The van der Waals surface area contributed by atoms with Crippen LogP contribution in [0.25, 0.3) is 11.1 Å². The number of aromatic amines is 1. The number of anilines is 1. The Morgan fingerprint density at radius 1 is 1.26 bits per heavy atom. The highest BCUT2D eigenvalue weighted by atomic mass is 16.5. The number of aryl methyl sites for hydroxylation is 1. The van der Waals surface area contributed by atoms with Crippen molar-refractivity contribution in [3.63, 3.8) is 0 Å². The van der Waals surface area contributed by atoms with Gasteiger partial charge in [0.05, 0.1) is 24.9 Å². The maximum absolute atomic E-state index is 13.2. The number of carbonyl (C=O) groups is 1. The molecule has 0 saturated carbocycles. The molecule has 1 aromatic heterocycles. The number of nitrogens with one attached hydrogen (secondary N) is 2. The molecule has 8 heteroatoms. The average Bonchev–Trinajstić information content (AvgIpc) is 3.46. The fraction of sp³-hybridized carbons (Fsp3) is 0.385. The zero-order chi connectivity index (χ0) is 23.7. The number of methoxy groups -OCH3 is 1. The van der Waals surface area contributed by atoms with Crippen LogP contribution < -0.4 is 19.5 Å². The molecule has 1 saturated heterocycles. The van der Waals surface area contributed by atoms with Gasteiger partial charge >= 0.3 is 0 Å². The molecule has 0 bridgehead atoms. The zero-order valence-corrected chi connectivity index (χ0v) is 19.8. The van der Waals surface area contributed by atoms with Crippen LogP contribution in [0, 0.1) is 12.8 Å². The van der Waals surface area contributed by atoms with E-state index in [1.165, 1.54) is 0 Å². The highest BCUT2D eigenvalue weighted by molar-refractivity contribution is 5.95. The largest absolute Gasteiger partial charge is 0.497 e. The molecule has 1 amide bonds. The molecule has 1 fully saturated rings. The van der Waals surface area contributed by atoms with Gasteiger partial charge in [0.1, 0.15) is 30.0 Å². The average molecular weight is 463 g/mol. The van der Waals surface area contributed by atoms with Gasteiger partial charge in [-0.25, -0.2) is 0 Å². The first-order valence-electron chi connectivity index (χ1n) is 11.6. The second kappa shape index (κ2) is 9.38. The lowest BCUT2D eigenvalue weighted by atomic mass is 9.95. The first-order valence-corrected chi connectivity index (χ1v) is 11.6. The Bertz CT molecular complexity index is 1190. The van der Waals surface area contributed by atoms with Crippen molar-refractivity contribution in [3.8, 4) is 28.4 Å². The molecular formula is C26H30N4O4. The van der Waals surface area contributed by atoms with Crippen LogP contribution in [0.3, 0.4) is 0 Å². The molecule has 2 atom stereocenters. The summed E-state index contributed by atoms with van der Waals surface area (Å²) in [6.07, 6.45) is 3.43. The number of H-pyrrole nitrogens is 1. The second-order valence-electron chi connectivity index (χ2n) is 9.09. The fourth-order valence-corrected chi connectivity index (χ4v) is 4.60. The number of carbonyl (C=O) groups excluding carboxylic acids is 1. The number of fused-ring (bicyclic) bond motifs is 1. The molecule has 178 valence electrons. The Balaban J connectivity index is 1.37. The third kappa shape index (κ3) is 4.59. The van der Waals surface area contributed by atoms with E-state index in [1.807, 2.05) is 43.3 Å². The smallest absolute Gasteiger partial charge is 0.231 e. The molecule has 0 radical (unpaired) electrons. The van der Waals surface area contributed by atoms with Crippen molar-refractivity contribution in [3.05, 3.63) is 53.9 Å². The normalized spacial score (nSPS) is 19.9. The van der Waals surface area contributed by atoms with Crippen LogP contribution in [0.1, 0.15) is 17.7 Å². The van der Waals surface area contributed by atoms with Gasteiger partial charge < -0.3 is 24.4 Å². The highest BCUT2D eigenvalue weighted by Gasteiger charge is 2.28. The number of hydrogen-bond donors (Lipinski definition) is 2. The predicted octanol–water partition coefficient (Wildman–Crippen LogP) is 3.67. The Hall–Kier alpha value is -3.52. The summed E-state index contributed by atoms with van der Waals surface area (Å²) in [5, 5.41) is 10.2. The van der Waals surface area contributed by atoms with Crippen LogP contribution in [-0.4, -0.2) is 61.0 Å². The van der Waals surface area contributed by atoms with Crippen LogP contribution in [0.15, 0.2) is 42.6 Å². The van der Waals surface area contributed by atoms with Crippen molar-refractivity contribution in [2.24, 2.45) is 5.92 Å². The predicted molar refractivity (Wildman–Crippen MR) is 130 cm³/mol. The van der Waals surface area contributed by atoms with Gasteiger partial charge in [-0.05, 0) is 68.3 Å². The number of amides is 1. The quantitative estimate of drug-likeness (QED) is 0.581. The summed E-state index contributed by atoms with van der Waals surface area (Å²) in [5.41, 5.74) is 4.63. The van der Waals surface area contributed by atoms with E-state index >= 15 is 0 Å². The molecule has 34 heavy (non-hydrogen) atoms. The molecule has 3 aromatic rings. The Morgan fingerprint density at radius 2 is 2.15 bits per heavy atom. The van der Waals surface area contributed by atoms with E-state index in [9.17, 15) is 4.79 Å². The third-order valence-corrected chi connectivity index (χ3v) is 6.57. The summed E-state index contributed by atoms with van der Waals surface area (Å²) >= 11 is 0. The van der Waals surface area contributed by atoms with Gasteiger partial charge in [-0.2, -0.15) is 5.10 Å². The minimum atomic E-state index is -0.305. The molecule has 2 aliphatic heterocycles. The van der Waals surface area contributed by atoms with E-state index < -0.39 is 0 Å². The SMILES string of the molecule is COc1ccc2c(c1)C[C@H](C(=O)Nc1ccc(-c3cn[nH]c3C)cc1O[C@@H]1CCN(C)C1)CO2. The number of hydrogen-bond acceptors (Lipinski definition) is 6. The summed E-state index contributed by atoms with van der Waals surface area (Å²) in [4.78, 5) is 15.5. The minimum Gasteiger partial charge on any atom is -0.497 e. The van der Waals surface area contributed by atoms with Crippen LogP contribution in [0.2, 0.25) is 0 Å². The van der Waals surface area contributed by atoms with Crippen molar-refractivity contribution in [1.29, 1.82) is 0 Å². The third-order valence-electron chi connectivity index (χ3n) is 6.57. The molecule has 0 aliphatic carbocycles. The van der Waals surface area contributed by atoms with E-state index in [-0.39, 0.29) is 17.9 Å². The lowest BCUT2D eigenvalue weighted by Gasteiger charge is -2.25. The molecule has 2 aromatic carbocycles. The Labute approximate surface area is 199 Å². The zero-order valence-electron chi connectivity index (χ0n) is 19.8. The molecule has 0 unspecified atom stereocenters. The number of rotatable bonds is 6. The first kappa shape index (κ1) is 22.3. The van der Waals surface area contributed by atoms with Crippen molar-refractivity contribution >= 4 is 11.6 Å². The van der Waals surface area contributed by atoms with Crippen LogP contribution in [-0.2, 0) is 11.2 Å². The van der Waals surface area contributed by atoms with Gasteiger partial charge in [0.25, 0.3) is 0 Å². The van der Waals surface area contributed by atoms with Crippen LogP contribution in [0.4, 0.5) is 5.69 Å². The molecule has 8 nitrogen and oxygen atoms in total. The van der Waals surface area contributed by atoms with E-state index in [4.69, 9.17) is 14.2 Å². The van der Waals surface area contributed by atoms with Crippen molar-refractivity contribution in [2.75, 3.05) is 39.2 Å². The maximum Gasteiger partial charge on any atom is 0.231 e. The number of benzene rings is 2. The summed E-state index contributed by atoms with van der Waals surface area (Å²) in [7, 11) is 3.72. The number of ether oxygens (including phenoxy) is 3. The number of likely N-dealkylation sites (tertiary alicyclic amines) is 1. The molecule has 5 rings (SSSR count). The maximum atomic E-state index is 13.2. The summed E-state index contributed by atoms with van der Waals surface area (Å²) < 4.78 is 17.6. The molecule has 3 heterocycles. The molecule has 2 N–H and O–H groups in total. The van der Waals surface area contributed by atoms with Crippen LogP contribution in [0.5, 0.6) is 17.2 Å². The topological polar surface area (TPSA) is 88.7 Å². The minimum absolute atomic E-state index is 0.0821. The van der Waals surface area contributed by atoms with E-state index in [0.717, 1.165) is 53.4 Å².